The van der Waals surface area contributed by atoms with Crippen molar-refractivity contribution in [2.75, 3.05) is 10.7 Å². The van der Waals surface area contributed by atoms with Gasteiger partial charge >= 0.3 is 6.18 Å². The maximum atomic E-state index is 12.7. The van der Waals surface area contributed by atoms with E-state index in [0.29, 0.717) is 5.69 Å². The van der Waals surface area contributed by atoms with Crippen molar-refractivity contribution in [2.24, 2.45) is 5.84 Å². The first-order valence-electron chi connectivity index (χ1n) is 5.97. The molecule has 6 nitrogen and oxygen atoms in total. The number of aryl methyl sites for hydroxylation is 1. The van der Waals surface area contributed by atoms with Crippen LogP contribution in [0.3, 0.4) is 0 Å². The summed E-state index contributed by atoms with van der Waals surface area (Å²) in [6.45, 7) is 2.10. The molecule has 9 heteroatoms. The molecule has 0 aromatic carbocycles. The summed E-state index contributed by atoms with van der Waals surface area (Å²) >= 11 is 0. The molecule has 0 saturated carbocycles. The van der Waals surface area contributed by atoms with Crippen molar-refractivity contribution in [1.29, 1.82) is 0 Å². The molecular weight excluding hydrogens is 285 g/mol. The van der Waals surface area contributed by atoms with Crippen LogP contribution in [0.1, 0.15) is 17.0 Å². The van der Waals surface area contributed by atoms with E-state index in [2.05, 4.69) is 20.3 Å². The molecule has 0 aliphatic carbocycles. The lowest BCUT2D eigenvalue weighted by molar-refractivity contribution is -0.141. The Kier molecular flexibility index (Phi) is 4.22. The normalized spacial score (nSPS) is 11.3. The average molecular weight is 298 g/mol. The molecule has 4 N–H and O–H groups in total. The zero-order valence-corrected chi connectivity index (χ0v) is 11.1. The van der Waals surface area contributed by atoms with E-state index >= 15 is 0 Å². The predicted molar refractivity (Wildman–Crippen MR) is 71.1 cm³/mol. The van der Waals surface area contributed by atoms with Crippen molar-refractivity contribution in [3.8, 4) is 0 Å². The second kappa shape index (κ2) is 5.92. The number of pyridine rings is 1. The van der Waals surface area contributed by atoms with E-state index in [4.69, 9.17) is 5.84 Å². The third-order valence-electron chi connectivity index (χ3n) is 2.70. The van der Waals surface area contributed by atoms with E-state index in [0.717, 1.165) is 11.6 Å². The average Bonchev–Trinajstić information content (AvgIpc) is 2.45. The second-order valence-electron chi connectivity index (χ2n) is 4.22. The first kappa shape index (κ1) is 15.0. The number of hydrogen-bond donors (Lipinski definition) is 3. The topological polar surface area (TPSA) is 88.8 Å². The molecule has 2 heterocycles. The Morgan fingerprint density at radius 1 is 1.29 bits per heavy atom. The van der Waals surface area contributed by atoms with Gasteiger partial charge < -0.3 is 5.32 Å². The molecule has 0 spiro atoms. The number of rotatable bonds is 4. The van der Waals surface area contributed by atoms with Crippen LogP contribution in [0.15, 0.2) is 24.4 Å². The minimum Gasteiger partial charge on any atom is -0.364 e. The fourth-order valence-corrected chi connectivity index (χ4v) is 1.63. The highest BCUT2D eigenvalue weighted by Gasteiger charge is 2.33. The number of nitrogens with zero attached hydrogens (tertiary/aromatic N) is 3. The zero-order chi connectivity index (χ0) is 15.5. The molecular formula is C12H13F3N6. The molecule has 0 radical (unpaired) electrons. The van der Waals surface area contributed by atoms with Gasteiger partial charge in [-0.3, -0.25) is 10.4 Å². The number of hydrazine groups is 1. The monoisotopic (exact) mass is 298 g/mol. The van der Waals surface area contributed by atoms with Gasteiger partial charge in [-0.1, -0.05) is 6.07 Å². The first-order valence-corrected chi connectivity index (χ1v) is 5.97. The van der Waals surface area contributed by atoms with Crippen molar-refractivity contribution in [2.45, 2.75) is 19.6 Å². The smallest absolute Gasteiger partial charge is 0.364 e. The lowest BCUT2D eigenvalue weighted by Gasteiger charge is -2.11. The number of anilines is 2. The molecule has 2 rings (SSSR count). The fourth-order valence-electron chi connectivity index (χ4n) is 1.63. The number of nitrogen functional groups attached to an aromatic ring is 1. The molecule has 0 atom stereocenters. The first-order chi connectivity index (χ1) is 9.90. The van der Waals surface area contributed by atoms with Crippen LogP contribution >= 0.6 is 0 Å². The van der Waals surface area contributed by atoms with E-state index < -0.39 is 11.9 Å². The number of nitrogens with two attached hydrogens (primary N) is 1. The molecule has 0 saturated heterocycles. The summed E-state index contributed by atoms with van der Waals surface area (Å²) in [4.78, 5) is 11.2. The van der Waals surface area contributed by atoms with E-state index in [1.807, 2.05) is 18.4 Å². The Labute approximate surface area is 118 Å². The molecule has 0 fully saturated rings. The summed E-state index contributed by atoms with van der Waals surface area (Å²) in [6, 6.07) is 4.46. The standard InChI is InChI=1S/C12H13F3N6/c1-7-3-2-4-17-8(7)6-18-10-5-9(12(13,14)15)19-11(20-10)21-16/h2-5H,6,16H2,1H3,(H2,18,19,20,21). The lowest BCUT2D eigenvalue weighted by Crippen LogP contribution is -2.17. The van der Waals surface area contributed by atoms with Crippen LogP contribution in [-0.2, 0) is 12.7 Å². The Morgan fingerprint density at radius 3 is 2.67 bits per heavy atom. The van der Waals surface area contributed by atoms with Crippen LogP contribution in [0.25, 0.3) is 0 Å². The highest BCUT2D eigenvalue weighted by Crippen LogP contribution is 2.29. The third-order valence-corrected chi connectivity index (χ3v) is 2.70. The molecule has 21 heavy (non-hydrogen) atoms. The van der Waals surface area contributed by atoms with Gasteiger partial charge in [-0.15, -0.1) is 0 Å². The Morgan fingerprint density at radius 2 is 2.05 bits per heavy atom. The molecule has 2 aromatic rings. The summed E-state index contributed by atoms with van der Waals surface area (Å²) in [5, 5.41) is 2.78. The van der Waals surface area contributed by atoms with Crippen LogP contribution < -0.4 is 16.6 Å². The highest BCUT2D eigenvalue weighted by molar-refractivity contribution is 5.43. The van der Waals surface area contributed by atoms with E-state index in [1.54, 1.807) is 12.3 Å². The third kappa shape index (κ3) is 3.78. The quantitative estimate of drug-likeness (QED) is 0.591. The largest absolute Gasteiger partial charge is 0.433 e. The number of aromatic nitrogens is 3. The molecule has 0 unspecified atom stereocenters. The van der Waals surface area contributed by atoms with Crippen molar-refractivity contribution in [3.63, 3.8) is 0 Å². The summed E-state index contributed by atoms with van der Waals surface area (Å²) in [6.07, 6.45) is -2.97. The summed E-state index contributed by atoms with van der Waals surface area (Å²) in [5.74, 6) is 4.77. The van der Waals surface area contributed by atoms with E-state index in [9.17, 15) is 13.2 Å². The summed E-state index contributed by atoms with van der Waals surface area (Å²) < 4.78 is 38.1. The SMILES string of the molecule is Cc1cccnc1CNc1cc(C(F)(F)F)nc(NN)n1. The van der Waals surface area contributed by atoms with Crippen LogP contribution in [0.4, 0.5) is 24.9 Å². The van der Waals surface area contributed by atoms with Gasteiger partial charge in [0.2, 0.25) is 5.95 Å². The van der Waals surface area contributed by atoms with Crippen molar-refractivity contribution < 1.29 is 13.2 Å². The van der Waals surface area contributed by atoms with Crippen LogP contribution in [-0.4, -0.2) is 15.0 Å². The van der Waals surface area contributed by atoms with Crippen molar-refractivity contribution >= 4 is 11.8 Å². The van der Waals surface area contributed by atoms with Gasteiger partial charge in [0.25, 0.3) is 0 Å². The van der Waals surface area contributed by atoms with Gasteiger partial charge in [0.1, 0.15) is 5.82 Å². The second-order valence-corrected chi connectivity index (χ2v) is 4.22. The Hall–Kier alpha value is -2.42. The number of nitrogens with one attached hydrogen (secondary N) is 2. The van der Waals surface area contributed by atoms with Crippen LogP contribution in [0.2, 0.25) is 0 Å². The maximum absolute atomic E-state index is 12.7. The van der Waals surface area contributed by atoms with Crippen LogP contribution in [0, 0.1) is 6.92 Å². The van der Waals surface area contributed by atoms with Gasteiger partial charge in [-0.25, -0.2) is 10.8 Å². The number of halogens is 3. The lowest BCUT2D eigenvalue weighted by atomic mass is 10.2. The van der Waals surface area contributed by atoms with Crippen LogP contribution in [0.5, 0.6) is 0 Å². The fraction of sp³-hybridized carbons (Fsp3) is 0.250. The van der Waals surface area contributed by atoms with E-state index in [1.165, 1.54) is 0 Å². The van der Waals surface area contributed by atoms with Gasteiger partial charge in [-0.05, 0) is 18.6 Å². The van der Waals surface area contributed by atoms with Gasteiger partial charge in [0.15, 0.2) is 5.69 Å². The summed E-state index contributed by atoms with van der Waals surface area (Å²) in [5.41, 5.74) is 2.57. The van der Waals surface area contributed by atoms with Gasteiger partial charge in [0.05, 0.1) is 12.2 Å². The minimum atomic E-state index is -4.58. The summed E-state index contributed by atoms with van der Waals surface area (Å²) in [7, 11) is 0. The predicted octanol–water partition coefficient (Wildman–Crippen LogP) is 2.10. The molecule has 0 amide bonds. The number of hydrogen-bond acceptors (Lipinski definition) is 6. The minimum absolute atomic E-state index is 0.00956. The molecule has 112 valence electrons. The molecule has 2 aromatic heterocycles. The maximum Gasteiger partial charge on any atom is 0.433 e. The molecule has 0 aliphatic heterocycles. The zero-order valence-electron chi connectivity index (χ0n) is 11.1. The van der Waals surface area contributed by atoms with E-state index in [-0.39, 0.29) is 18.3 Å². The van der Waals surface area contributed by atoms with Crippen molar-refractivity contribution in [3.05, 3.63) is 41.3 Å². The highest BCUT2D eigenvalue weighted by atomic mass is 19.4. The van der Waals surface area contributed by atoms with Gasteiger partial charge in [-0.2, -0.15) is 18.2 Å². The van der Waals surface area contributed by atoms with Gasteiger partial charge in [0, 0.05) is 12.3 Å². The van der Waals surface area contributed by atoms with Crippen molar-refractivity contribution in [1.82, 2.24) is 15.0 Å². The number of alkyl halides is 3. The molecule has 0 bridgehead atoms. The molecule has 0 aliphatic rings. The Balaban J connectivity index is 2.22. The Bertz CT molecular complexity index is 629.